The third-order valence-electron chi connectivity index (χ3n) is 13.3. The van der Waals surface area contributed by atoms with E-state index in [4.69, 9.17) is 14.2 Å². The van der Waals surface area contributed by atoms with E-state index in [0.29, 0.717) is 19.3 Å². The summed E-state index contributed by atoms with van der Waals surface area (Å²) in [7, 11) is 0. The molecule has 0 bridgehead atoms. The first kappa shape index (κ1) is 61.4. The molecule has 0 aliphatic heterocycles. The van der Waals surface area contributed by atoms with E-state index < -0.39 is 6.10 Å². The maximum atomic E-state index is 12.8. The van der Waals surface area contributed by atoms with E-state index >= 15 is 0 Å². The van der Waals surface area contributed by atoms with E-state index in [0.717, 1.165) is 69.6 Å². The number of carbonyl (C=O) groups excluding carboxylic acids is 3. The molecule has 2 atom stereocenters. The first-order valence-electron chi connectivity index (χ1n) is 28.3. The monoisotopic (exact) mass is 891 g/mol. The molecule has 374 valence electrons. The van der Waals surface area contributed by atoms with Crippen LogP contribution in [0.4, 0.5) is 0 Å². The SMILES string of the molecule is CCCCCCCCCCCCCCCC(=O)OC[C@@H](COC(=O)CCCCCCCCCC(C)C)OC(=O)CCCCCCCCCCCCCCCCCCCCC(C)CC. The van der Waals surface area contributed by atoms with E-state index in [9.17, 15) is 14.4 Å². The van der Waals surface area contributed by atoms with Crippen molar-refractivity contribution in [2.24, 2.45) is 11.8 Å². The Morgan fingerprint density at radius 1 is 0.333 bits per heavy atom. The topological polar surface area (TPSA) is 78.9 Å². The highest BCUT2D eigenvalue weighted by Gasteiger charge is 2.19. The highest BCUT2D eigenvalue weighted by Crippen LogP contribution is 2.18. The molecule has 1 unspecified atom stereocenters. The summed E-state index contributed by atoms with van der Waals surface area (Å²) in [5.74, 6) is 0.845. The minimum absolute atomic E-state index is 0.0636. The van der Waals surface area contributed by atoms with Crippen LogP contribution in [0.1, 0.15) is 317 Å². The third-order valence-corrected chi connectivity index (χ3v) is 13.3. The number of unbranched alkanes of at least 4 members (excludes halogenated alkanes) is 35. The van der Waals surface area contributed by atoms with Gasteiger partial charge in [-0.25, -0.2) is 0 Å². The molecule has 0 saturated carbocycles. The predicted octanol–water partition coefficient (Wildman–Crippen LogP) is 18.5. The van der Waals surface area contributed by atoms with E-state index in [1.165, 1.54) is 205 Å². The van der Waals surface area contributed by atoms with Crippen molar-refractivity contribution >= 4 is 17.9 Å². The van der Waals surface area contributed by atoms with Crippen LogP contribution in [0, 0.1) is 11.8 Å². The van der Waals surface area contributed by atoms with Gasteiger partial charge in [0.2, 0.25) is 0 Å². The molecular formula is C57H110O6. The average molecular weight is 892 g/mol. The van der Waals surface area contributed by atoms with E-state index in [-0.39, 0.29) is 31.1 Å². The maximum absolute atomic E-state index is 12.8. The molecule has 0 N–H and O–H groups in total. The zero-order valence-corrected chi connectivity index (χ0v) is 43.2. The van der Waals surface area contributed by atoms with E-state index in [2.05, 4.69) is 34.6 Å². The molecule has 0 aromatic heterocycles. The summed E-state index contributed by atoms with van der Waals surface area (Å²) in [5, 5.41) is 0. The lowest BCUT2D eigenvalue weighted by atomic mass is 9.99. The molecule has 0 heterocycles. The Labute approximate surface area is 393 Å². The lowest BCUT2D eigenvalue weighted by Crippen LogP contribution is -2.30. The van der Waals surface area contributed by atoms with Crippen molar-refractivity contribution in [1.82, 2.24) is 0 Å². The van der Waals surface area contributed by atoms with Gasteiger partial charge in [0, 0.05) is 19.3 Å². The van der Waals surface area contributed by atoms with Crippen LogP contribution in [0.25, 0.3) is 0 Å². The first-order chi connectivity index (χ1) is 30.8. The fraction of sp³-hybridized carbons (Fsp3) is 0.947. The highest BCUT2D eigenvalue weighted by molar-refractivity contribution is 5.71. The summed E-state index contributed by atoms with van der Waals surface area (Å²) in [5.41, 5.74) is 0. The molecule has 6 nitrogen and oxygen atoms in total. The van der Waals surface area contributed by atoms with Crippen LogP contribution in [-0.4, -0.2) is 37.2 Å². The Hall–Kier alpha value is -1.59. The molecule has 0 amide bonds. The quantitative estimate of drug-likeness (QED) is 0.0344. The van der Waals surface area contributed by atoms with Crippen molar-refractivity contribution < 1.29 is 28.6 Å². The van der Waals surface area contributed by atoms with Crippen LogP contribution < -0.4 is 0 Å². The lowest BCUT2D eigenvalue weighted by Gasteiger charge is -2.18. The van der Waals surface area contributed by atoms with Gasteiger partial charge in [-0.3, -0.25) is 14.4 Å². The van der Waals surface area contributed by atoms with Gasteiger partial charge in [-0.15, -0.1) is 0 Å². The largest absolute Gasteiger partial charge is 0.462 e. The molecule has 0 saturated heterocycles. The van der Waals surface area contributed by atoms with Crippen molar-refractivity contribution in [3.05, 3.63) is 0 Å². The van der Waals surface area contributed by atoms with Crippen molar-refractivity contribution in [2.75, 3.05) is 13.2 Å². The summed E-state index contributed by atoms with van der Waals surface area (Å²) in [4.78, 5) is 38.0. The molecular weight excluding hydrogens is 781 g/mol. The number of carbonyl (C=O) groups is 3. The number of hydrogen-bond donors (Lipinski definition) is 0. The first-order valence-corrected chi connectivity index (χ1v) is 28.3. The van der Waals surface area contributed by atoms with Crippen LogP contribution in [-0.2, 0) is 28.6 Å². The third kappa shape index (κ3) is 49.7. The Kier molecular flexibility index (Phi) is 48.6. The van der Waals surface area contributed by atoms with Gasteiger partial charge < -0.3 is 14.2 Å². The molecule has 0 aromatic carbocycles. The van der Waals surface area contributed by atoms with Crippen LogP contribution >= 0.6 is 0 Å². The molecule has 0 aliphatic carbocycles. The highest BCUT2D eigenvalue weighted by atomic mass is 16.6. The van der Waals surface area contributed by atoms with Gasteiger partial charge in [-0.1, -0.05) is 279 Å². The minimum Gasteiger partial charge on any atom is -0.462 e. The van der Waals surface area contributed by atoms with Gasteiger partial charge in [0.25, 0.3) is 0 Å². The number of hydrogen-bond acceptors (Lipinski definition) is 6. The van der Waals surface area contributed by atoms with Gasteiger partial charge in [0.15, 0.2) is 6.10 Å². The average Bonchev–Trinajstić information content (AvgIpc) is 3.27. The number of ether oxygens (including phenoxy) is 3. The normalized spacial score (nSPS) is 12.5. The Morgan fingerprint density at radius 2 is 0.603 bits per heavy atom. The van der Waals surface area contributed by atoms with Crippen molar-refractivity contribution in [2.45, 2.75) is 323 Å². The van der Waals surface area contributed by atoms with Gasteiger partial charge >= 0.3 is 17.9 Å². The molecule has 6 heteroatoms. The second-order valence-electron chi connectivity index (χ2n) is 20.3. The minimum atomic E-state index is -0.762. The fourth-order valence-electron chi connectivity index (χ4n) is 8.66. The van der Waals surface area contributed by atoms with Crippen molar-refractivity contribution in [3.8, 4) is 0 Å². The molecule has 0 spiro atoms. The Morgan fingerprint density at radius 3 is 0.905 bits per heavy atom. The van der Waals surface area contributed by atoms with Gasteiger partial charge in [0.05, 0.1) is 0 Å². The van der Waals surface area contributed by atoms with Crippen LogP contribution in [0.15, 0.2) is 0 Å². The molecule has 0 aromatic rings. The fourth-order valence-corrected chi connectivity index (χ4v) is 8.66. The molecule has 0 aliphatic rings. The number of rotatable bonds is 51. The predicted molar refractivity (Wildman–Crippen MR) is 270 cm³/mol. The van der Waals surface area contributed by atoms with Crippen molar-refractivity contribution in [1.29, 1.82) is 0 Å². The zero-order chi connectivity index (χ0) is 46.1. The van der Waals surface area contributed by atoms with Crippen molar-refractivity contribution in [3.63, 3.8) is 0 Å². The molecule has 0 rings (SSSR count). The summed E-state index contributed by atoms with van der Waals surface area (Å²) >= 11 is 0. The second-order valence-corrected chi connectivity index (χ2v) is 20.3. The van der Waals surface area contributed by atoms with Gasteiger partial charge in [-0.2, -0.15) is 0 Å². The molecule has 0 fully saturated rings. The van der Waals surface area contributed by atoms with Crippen LogP contribution in [0.5, 0.6) is 0 Å². The summed E-state index contributed by atoms with van der Waals surface area (Å²) in [6.45, 7) is 11.4. The molecule has 63 heavy (non-hydrogen) atoms. The Balaban J connectivity index is 4.21. The standard InChI is InChI=1S/C57H110O6/c1-6-8-9-10-11-12-13-20-24-27-32-37-42-47-55(58)61-50-54(51-62-56(59)48-43-38-34-29-30-35-40-45-52(3)4)63-57(60)49-44-39-33-28-25-22-19-17-15-14-16-18-21-23-26-31-36-41-46-53(5)7-2/h52-54H,6-51H2,1-5H3/t53?,54-/m0/s1. The van der Waals surface area contributed by atoms with Gasteiger partial charge in [-0.05, 0) is 31.1 Å². The second kappa shape index (κ2) is 49.8. The maximum Gasteiger partial charge on any atom is 0.306 e. The number of esters is 3. The van der Waals surface area contributed by atoms with E-state index in [1.807, 2.05) is 0 Å². The van der Waals surface area contributed by atoms with Crippen LogP contribution in [0.2, 0.25) is 0 Å². The summed E-state index contributed by atoms with van der Waals surface area (Å²) < 4.78 is 16.8. The summed E-state index contributed by atoms with van der Waals surface area (Å²) in [6.07, 6.45) is 52.4. The Bertz CT molecular complexity index is 964. The smallest absolute Gasteiger partial charge is 0.306 e. The van der Waals surface area contributed by atoms with Crippen LogP contribution in [0.3, 0.4) is 0 Å². The lowest BCUT2D eigenvalue weighted by molar-refractivity contribution is -0.167. The summed E-state index contributed by atoms with van der Waals surface area (Å²) in [6, 6.07) is 0. The molecule has 0 radical (unpaired) electrons. The van der Waals surface area contributed by atoms with E-state index in [1.54, 1.807) is 0 Å². The zero-order valence-electron chi connectivity index (χ0n) is 43.2. The van der Waals surface area contributed by atoms with Gasteiger partial charge in [0.1, 0.15) is 13.2 Å².